The van der Waals surface area contributed by atoms with Gasteiger partial charge in [0, 0.05) is 6.42 Å². The fourth-order valence-corrected chi connectivity index (χ4v) is 1.27. The number of aliphatic imine (C=N–C) groups is 1. The fraction of sp³-hybridized carbons (Fsp3) is 0.385. The van der Waals surface area contributed by atoms with E-state index in [9.17, 15) is 4.79 Å². The molecule has 1 aromatic carbocycles. The van der Waals surface area contributed by atoms with E-state index in [4.69, 9.17) is 4.74 Å². The molecule has 0 atom stereocenters. The topological polar surface area (TPSA) is 72.0 Å². The Bertz CT molecular complexity index is 413. The van der Waals surface area contributed by atoms with E-state index < -0.39 is 6.09 Å². The molecule has 0 saturated carbocycles. The zero-order chi connectivity index (χ0) is 13.9. The van der Waals surface area contributed by atoms with Crippen LogP contribution in [0, 0.1) is 0 Å². The second-order valence-corrected chi connectivity index (χ2v) is 3.59. The van der Waals surface area contributed by atoms with Crippen molar-refractivity contribution in [1.29, 1.82) is 0 Å². The van der Waals surface area contributed by atoms with Crippen molar-refractivity contribution in [2.75, 3.05) is 20.3 Å². The molecule has 0 fully saturated rings. The highest BCUT2D eigenvalue weighted by Gasteiger charge is 1.99. The van der Waals surface area contributed by atoms with Gasteiger partial charge in [-0.05, 0) is 12.1 Å². The molecule has 0 radical (unpaired) electrons. The average Bonchev–Trinajstić information content (AvgIpc) is 2.47. The van der Waals surface area contributed by atoms with Gasteiger partial charge >= 0.3 is 6.09 Å². The number of hydrazine groups is 1. The van der Waals surface area contributed by atoms with Gasteiger partial charge < -0.3 is 9.47 Å². The number of hydrogen-bond acceptors (Lipinski definition) is 4. The Kier molecular flexibility index (Phi) is 9.86. The van der Waals surface area contributed by atoms with Crippen LogP contribution in [0.5, 0.6) is 5.75 Å². The smallest absolute Gasteiger partial charge is 0.425 e. The SMILES string of the molecule is CCC(=NCCOc1ccccc1)NNC(=O)OC.Cl. The number of para-hydroxylation sites is 1. The van der Waals surface area contributed by atoms with Crippen molar-refractivity contribution < 1.29 is 14.3 Å². The van der Waals surface area contributed by atoms with Gasteiger partial charge in [0.25, 0.3) is 0 Å². The molecule has 1 aromatic rings. The number of carbonyl (C=O) groups excluding carboxylic acids is 1. The Morgan fingerprint density at radius 1 is 1.25 bits per heavy atom. The van der Waals surface area contributed by atoms with E-state index in [2.05, 4.69) is 20.6 Å². The minimum Gasteiger partial charge on any atom is -0.492 e. The number of carbonyl (C=O) groups is 1. The zero-order valence-electron chi connectivity index (χ0n) is 11.6. The van der Waals surface area contributed by atoms with Crippen LogP contribution in [0.25, 0.3) is 0 Å². The number of halogens is 1. The quantitative estimate of drug-likeness (QED) is 0.378. The van der Waals surface area contributed by atoms with Gasteiger partial charge in [-0.1, -0.05) is 25.1 Å². The molecule has 0 saturated heterocycles. The van der Waals surface area contributed by atoms with E-state index >= 15 is 0 Å². The van der Waals surface area contributed by atoms with Gasteiger partial charge in [-0.25, -0.2) is 10.2 Å². The molecule has 7 heteroatoms. The summed E-state index contributed by atoms with van der Waals surface area (Å²) in [6.45, 7) is 2.92. The molecule has 20 heavy (non-hydrogen) atoms. The summed E-state index contributed by atoms with van der Waals surface area (Å²) in [6.07, 6.45) is 0.122. The van der Waals surface area contributed by atoms with Gasteiger partial charge in [0.2, 0.25) is 0 Å². The molecule has 0 heterocycles. The second-order valence-electron chi connectivity index (χ2n) is 3.59. The van der Waals surface area contributed by atoms with E-state index in [0.717, 1.165) is 5.75 Å². The predicted octanol–water partition coefficient (Wildman–Crippen LogP) is 2.16. The lowest BCUT2D eigenvalue weighted by molar-refractivity contribution is 0.168. The first-order valence-electron chi connectivity index (χ1n) is 6.07. The average molecular weight is 302 g/mol. The highest BCUT2D eigenvalue weighted by atomic mass is 35.5. The molecule has 6 nitrogen and oxygen atoms in total. The third kappa shape index (κ3) is 7.48. The van der Waals surface area contributed by atoms with Crippen LogP contribution in [0.2, 0.25) is 0 Å². The van der Waals surface area contributed by atoms with Gasteiger partial charge in [0.1, 0.15) is 18.2 Å². The third-order valence-corrected chi connectivity index (χ3v) is 2.24. The van der Waals surface area contributed by atoms with Gasteiger partial charge in [0.05, 0.1) is 13.7 Å². The Morgan fingerprint density at radius 3 is 2.55 bits per heavy atom. The fourth-order valence-electron chi connectivity index (χ4n) is 1.27. The molecule has 0 aromatic heterocycles. The lowest BCUT2D eigenvalue weighted by Gasteiger charge is -2.09. The van der Waals surface area contributed by atoms with Gasteiger partial charge in [0.15, 0.2) is 0 Å². The summed E-state index contributed by atoms with van der Waals surface area (Å²) in [5.41, 5.74) is 5.05. The molecule has 0 bridgehead atoms. The summed E-state index contributed by atoms with van der Waals surface area (Å²) >= 11 is 0. The number of nitrogens with one attached hydrogen (secondary N) is 2. The van der Waals surface area contributed by atoms with Crippen molar-refractivity contribution >= 4 is 24.3 Å². The van der Waals surface area contributed by atoms with Crippen molar-refractivity contribution in [3.63, 3.8) is 0 Å². The third-order valence-electron chi connectivity index (χ3n) is 2.24. The van der Waals surface area contributed by atoms with E-state index in [1.165, 1.54) is 7.11 Å². The number of benzene rings is 1. The first-order valence-corrected chi connectivity index (χ1v) is 6.07. The van der Waals surface area contributed by atoms with Crippen LogP contribution in [-0.2, 0) is 4.74 Å². The molecular formula is C13H20ClN3O3. The molecule has 0 aliphatic heterocycles. The Hall–Kier alpha value is -1.95. The summed E-state index contributed by atoms with van der Waals surface area (Å²) in [6, 6.07) is 9.54. The minimum absolute atomic E-state index is 0. The van der Waals surface area contributed by atoms with E-state index in [0.29, 0.717) is 25.4 Å². The lowest BCUT2D eigenvalue weighted by atomic mass is 10.3. The minimum atomic E-state index is -0.554. The van der Waals surface area contributed by atoms with Crippen molar-refractivity contribution in [2.24, 2.45) is 4.99 Å². The standard InChI is InChI=1S/C13H19N3O3.ClH/c1-3-12(15-16-13(17)18-2)14-9-10-19-11-7-5-4-6-8-11;/h4-8H,3,9-10H2,1-2H3,(H,14,15)(H,16,17);1H. The molecule has 0 unspecified atom stereocenters. The van der Waals surface area contributed by atoms with Crippen LogP contribution in [0.1, 0.15) is 13.3 Å². The number of nitrogens with zero attached hydrogens (tertiary/aromatic N) is 1. The van der Waals surface area contributed by atoms with Crippen LogP contribution in [-0.4, -0.2) is 32.2 Å². The summed E-state index contributed by atoms with van der Waals surface area (Å²) < 4.78 is 9.94. The lowest BCUT2D eigenvalue weighted by Crippen LogP contribution is -2.41. The maximum atomic E-state index is 10.9. The monoisotopic (exact) mass is 301 g/mol. The zero-order valence-corrected chi connectivity index (χ0v) is 12.4. The Morgan fingerprint density at radius 2 is 1.95 bits per heavy atom. The summed E-state index contributed by atoms with van der Waals surface area (Å²) in [5.74, 6) is 1.48. The van der Waals surface area contributed by atoms with Gasteiger partial charge in [-0.2, -0.15) is 0 Å². The van der Waals surface area contributed by atoms with E-state index in [-0.39, 0.29) is 12.4 Å². The van der Waals surface area contributed by atoms with Crippen molar-refractivity contribution in [3.8, 4) is 5.75 Å². The maximum absolute atomic E-state index is 10.9. The summed E-state index contributed by atoms with van der Waals surface area (Å²) in [7, 11) is 1.30. The molecule has 2 N–H and O–H groups in total. The molecular weight excluding hydrogens is 282 g/mol. The van der Waals surface area contributed by atoms with Crippen LogP contribution < -0.4 is 15.6 Å². The molecule has 112 valence electrons. The van der Waals surface area contributed by atoms with Crippen molar-refractivity contribution in [1.82, 2.24) is 10.9 Å². The van der Waals surface area contributed by atoms with Crippen LogP contribution in [0.3, 0.4) is 0 Å². The molecule has 0 aliphatic rings. The number of amides is 1. The van der Waals surface area contributed by atoms with Crippen LogP contribution >= 0.6 is 12.4 Å². The number of hydrogen-bond donors (Lipinski definition) is 2. The van der Waals surface area contributed by atoms with Crippen molar-refractivity contribution in [2.45, 2.75) is 13.3 Å². The molecule has 0 aliphatic carbocycles. The number of ether oxygens (including phenoxy) is 2. The van der Waals surface area contributed by atoms with Gasteiger partial charge in [-0.15, -0.1) is 12.4 Å². The highest BCUT2D eigenvalue weighted by Crippen LogP contribution is 2.07. The Balaban J connectivity index is 0.00000361. The van der Waals surface area contributed by atoms with Gasteiger partial charge in [-0.3, -0.25) is 10.4 Å². The van der Waals surface area contributed by atoms with E-state index in [1.807, 2.05) is 37.3 Å². The summed E-state index contributed by atoms with van der Waals surface area (Å²) in [4.78, 5) is 15.1. The summed E-state index contributed by atoms with van der Waals surface area (Å²) in [5, 5.41) is 0. The van der Waals surface area contributed by atoms with E-state index in [1.54, 1.807) is 0 Å². The largest absolute Gasteiger partial charge is 0.492 e. The first-order chi connectivity index (χ1) is 9.26. The number of rotatable bonds is 5. The predicted molar refractivity (Wildman–Crippen MR) is 80.5 cm³/mol. The first kappa shape index (κ1) is 18.0. The van der Waals surface area contributed by atoms with Crippen LogP contribution in [0.4, 0.5) is 4.79 Å². The molecule has 0 spiro atoms. The normalized spacial score (nSPS) is 10.2. The molecule has 1 rings (SSSR count). The number of methoxy groups -OCH3 is 1. The Labute approximate surface area is 124 Å². The maximum Gasteiger partial charge on any atom is 0.425 e. The number of amidine groups is 1. The highest BCUT2D eigenvalue weighted by molar-refractivity contribution is 5.85. The van der Waals surface area contributed by atoms with Crippen LogP contribution in [0.15, 0.2) is 35.3 Å². The van der Waals surface area contributed by atoms with Crippen molar-refractivity contribution in [3.05, 3.63) is 30.3 Å². The second kappa shape index (κ2) is 10.9. The molecule has 1 amide bonds.